The van der Waals surface area contributed by atoms with Gasteiger partial charge in [-0.05, 0) is 37.2 Å². The van der Waals surface area contributed by atoms with E-state index in [-0.39, 0.29) is 5.92 Å². The van der Waals surface area contributed by atoms with Crippen molar-refractivity contribution in [2.45, 2.75) is 46.5 Å². The summed E-state index contributed by atoms with van der Waals surface area (Å²) in [6.45, 7) is 6.29. The summed E-state index contributed by atoms with van der Waals surface area (Å²) >= 11 is 0. The number of carbonyl (C=O) groups excluding carboxylic acids is 2. The van der Waals surface area contributed by atoms with Crippen LogP contribution in [0, 0.1) is 17.8 Å². The Kier molecular flexibility index (Phi) is 2.58. The highest BCUT2D eigenvalue weighted by molar-refractivity contribution is 6.05. The zero-order valence-electron chi connectivity index (χ0n) is 11.4. The molecule has 2 heteroatoms. The van der Waals surface area contributed by atoms with Crippen molar-refractivity contribution in [3.63, 3.8) is 0 Å². The fraction of sp³-hybridized carbons (Fsp3) is 0.625. The molecule has 2 unspecified atom stereocenters. The minimum Gasteiger partial charge on any atom is -0.299 e. The number of carbonyl (C=O) groups is 2. The molecule has 0 bridgehead atoms. The van der Waals surface area contributed by atoms with Gasteiger partial charge in [0.05, 0.1) is 0 Å². The van der Waals surface area contributed by atoms with E-state index in [0.29, 0.717) is 36.2 Å². The van der Waals surface area contributed by atoms with E-state index >= 15 is 0 Å². The molecular weight excluding hydrogens is 224 g/mol. The lowest BCUT2D eigenvalue weighted by Crippen LogP contribution is -2.11. The van der Waals surface area contributed by atoms with Crippen molar-refractivity contribution in [3.8, 4) is 0 Å². The molecule has 0 aromatic heterocycles. The van der Waals surface area contributed by atoms with Crippen molar-refractivity contribution in [2.75, 3.05) is 0 Å². The van der Waals surface area contributed by atoms with E-state index in [1.807, 2.05) is 0 Å². The summed E-state index contributed by atoms with van der Waals surface area (Å²) in [5.74, 6) is 1.54. The van der Waals surface area contributed by atoms with Crippen LogP contribution in [0.15, 0.2) is 22.3 Å². The maximum atomic E-state index is 12.2. The van der Waals surface area contributed by atoms with Crippen molar-refractivity contribution in [3.05, 3.63) is 22.3 Å². The van der Waals surface area contributed by atoms with Gasteiger partial charge in [0.25, 0.3) is 0 Å². The first kappa shape index (κ1) is 11.9. The van der Waals surface area contributed by atoms with E-state index in [1.165, 1.54) is 16.7 Å². The second kappa shape index (κ2) is 3.91. The lowest BCUT2D eigenvalue weighted by atomic mass is 9.87. The molecular formula is C16H20O2. The summed E-state index contributed by atoms with van der Waals surface area (Å²) in [6.07, 6.45) is 3.25. The van der Waals surface area contributed by atoms with Crippen molar-refractivity contribution in [1.29, 1.82) is 0 Å². The fourth-order valence-corrected chi connectivity index (χ4v) is 4.05. The average Bonchev–Trinajstić information content (AvgIpc) is 2.68. The van der Waals surface area contributed by atoms with Crippen LogP contribution in [0.1, 0.15) is 46.5 Å². The Balaban J connectivity index is 2.20. The van der Waals surface area contributed by atoms with Gasteiger partial charge in [0.2, 0.25) is 0 Å². The van der Waals surface area contributed by atoms with Crippen LogP contribution in [0.2, 0.25) is 0 Å². The number of allylic oxidation sites excluding steroid dienone is 4. The van der Waals surface area contributed by atoms with Crippen LogP contribution in [0.25, 0.3) is 0 Å². The number of hydrogen-bond acceptors (Lipinski definition) is 2. The summed E-state index contributed by atoms with van der Waals surface area (Å²) < 4.78 is 0. The van der Waals surface area contributed by atoms with Crippen LogP contribution in [0.3, 0.4) is 0 Å². The fourth-order valence-electron chi connectivity index (χ4n) is 4.05. The van der Waals surface area contributed by atoms with E-state index in [9.17, 15) is 9.59 Å². The maximum absolute atomic E-state index is 12.2. The van der Waals surface area contributed by atoms with E-state index < -0.39 is 0 Å². The van der Waals surface area contributed by atoms with Gasteiger partial charge in [0, 0.05) is 24.3 Å². The third-order valence-electron chi connectivity index (χ3n) is 5.06. The molecule has 0 spiro atoms. The summed E-state index contributed by atoms with van der Waals surface area (Å²) in [5, 5.41) is 0. The topological polar surface area (TPSA) is 34.1 Å². The second-order valence-electron chi connectivity index (χ2n) is 6.20. The highest BCUT2D eigenvalue weighted by Crippen LogP contribution is 2.49. The molecule has 3 rings (SSSR count). The zero-order valence-corrected chi connectivity index (χ0v) is 11.4. The molecule has 2 fully saturated rings. The number of rotatable bonds is 0. The molecule has 0 N–H and O–H groups in total. The van der Waals surface area contributed by atoms with Gasteiger partial charge in [-0.3, -0.25) is 9.59 Å². The molecule has 2 nitrogen and oxygen atoms in total. The molecule has 0 aliphatic heterocycles. The van der Waals surface area contributed by atoms with E-state index in [1.54, 1.807) is 0 Å². The molecule has 3 aliphatic rings. The molecule has 0 heterocycles. The van der Waals surface area contributed by atoms with Crippen LogP contribution in [-0.4, -0.2) is 11.6 Å². The maximum Gasteiger partial charge on any atom is 0.163 e. The van der Waals surface area contributed by atoms with Crippen LogP contribution >= 0.6 is 0 Å². The number of fused-ring (bicyclic) bond motifs is 2. The van der Waals surface area contributed by atoms with Crippen molar-refractivity contribution >= 4 is 11.6 Å². The third kappa shape index (κ3) is 1.47. The molecule has 0 radical (unpaired) electrons. The molecule has 0 aromatic rings. The SMILES string of the molecule is CC1=C2C(=O)CC(C)C2=C2CC(=O)[C@@H](C)C2CC1. The lowest BCUT2D eigenvalue weighted by molar-refractivity contribution is -0.120. The predicted octanol–water partition coefficient (Wildman–Crippen LogP) is 3.23. The Morgan fingerprint density at radius 3 is 2.61 bits per heavy atom. The van der Waals surface area contributed by atoms with Crippen LogP contribution < -0.4 is 0 Å². The Morgan fingerprint density at radius 1 is 1.17 bits per heavy atom. The third-order valence-corrected chi connectivity index (χ3v) is 5.06. The zero-order chi connectivity index (χ0) is 13.0. The van der Waals surface area contributed by atoms with Crippen LogP contribution in [0.5, 0.6) is 0 Å². The molecule has 3 aliphatic carbocycles. The molecule has 0 amide bonds. The first-order chi connectivity index (χ1) is 8.50. The van der Waals surface area contributed by atoms with E-state index in [0.717, 1.165) is 18.4 Å². The van der Waals surface area contributed by atoms with E-state index in [4.69, 9.17) is 0 Å². The van der Waals surface area contributed by atoms with Crippen LogP contribution in [-0.2, 0) is 9.59 Å². The Labute approximate surface area is 108 Å². The number of ketones is 2. The Bertz CT molecular complexity index is 507. The van der Waals surface area contributed by atoms with Gasteiger partial charge >= 0.3 is 0 Å². The highest BCUT2D eigenvalue weighted by atomic mass is 16.1. The monoisotopic (exact) mass is 244 g/mol. The minimum absolute atomic E-state index is 0.155. The number of Topliss-reactive ketones (excluding diaryl/α,β-unsaturated/α-hetero) is 2. The van der Waals surface area contributed by atoms with Crippen LogP contribution in [0.4, 0.5) is 0 Å². The molecule has 0 saturated heterocycles. The largest absolute Gasteiger partial charge is 0.299 e. The van der Waals surface area contributed by atoms with Crippen molar-refractivity contribution in [2.24, 2.45) is 17.8 Å². The Hall–Kier alpha value is -1.18. The van der Waals surface area contributed by atoms with Gasteiger partial charge in [-0.15, -0.1) is 0 Å². The van der Waals surface area contributed by atoms with Gasteiger partial charge in [-0.25, -0.2) is 0 Å². The Morgan fingerprint density at radius 2 is 1.89 bits per heavy atom. The molecule has 18 heavy (non-hydrogen) atoms. The second-order valence-corrected chi connectivity index (χ2v) is 6.20. The van der Waals surface area contributed by atoms with Gasteiger partial charge in [-0.2, -0.15) is 0 Å². The molecule has 0 aromatic carbocycles. The molecule has 3 atom stereocenters. The smallest absolute Gasteiger partial charge is 0.163 e. The number of hydrogen-bond donors (Lipinski definition) is 0. The first-order valence-corrected chi connectivity index (χ1v) is 6.99. The molecule has 96 valence electrons. The van der Waals surface area contributed by atoms with Gasteiger partial charge in [0.1, 0.15) is 5.78 Å². The predicted molar refractivity (Wildman–Crippen MR) is 70.0 cm³/mol. The summed E-state index contributed by atoms with van der Waals surface area (Å²) in [7, 11) is 0. The van der Waals surface area contributed by atoms with Crippen molar-refractivity contribution < 1.29 is 9.59 Å². The highest BCUT2D eigenvalue weighted by Gasteiger charge is 2.43. The minimum atomic E-state index is 0.155. The molecule has 2 saturated carbocycles. The summed E-state index contributed by atoms with van der Waals surface area (Å²) in [5.41, 5.74) is 4.79. The summed E-state index contributed by atoms with van der Waals surface area (Å²) in [4.78, 5) is 24.1. The van der Waals surface area contributed by atoms with E-state index in [2.05, 4.69) is 20.8 Å². The first-order valence-electron chi connectivity index (χ1n) is 6.99. The van der Waals surface area contributed by atoms with Gasteiger partial charge in [-0.1, -0.05) is 25.0 Å². The van der Waals surface area contributed by atoms with Gasteiger partial charge < -0.3 is 0 Å². The quantitative estimate of drug-likeness (QED) is 0.655. The lowest BCUT2D eigenvalue weighted by Gasteiger charge is -2.17. The standard InChI is InChI=1S/C16H20O2/c1-8-4-5-11-10(3)13(17)7-12(11)15-9(2)6-14(18)16(8)15/h9-11H,4-7H2,1-3H3/t9?,10-,11?/m0/s1. The normalized spacial score (nSPS) is 36.1. The average molecular weight is 244 g/mol. The summed E-state index contributed by atoms with van der Waals surface area (Å²) in [6, 6.07) is 0. The van der Waals surface area contributed by atoms with Crippen molar-refractivity contribution in [1.82, 2.24) is 0 Å². The van der Waals surface area contributed by atoms with Gasteiger partial charge in [0.15, 0.2) is 5.78 Å².